The van der Waals surface area contributed by atoms with E-state index in [4.69, 9.17) is 0 Å². The van der Waals surface area contributed by atoms with Crippen LogP contribution in [-0.4, -0.2) is 5.11 Å². The standard InChI is InChI=1S/C13H16O/c1-5-8-10-12(7-3)13(9-6-2)11(4)14/h5-10,14H,1-2,4H2,3H3/b10-8-,12-7+,13-9+. The van der Waals surface area contributed by atoms with Gasteiger partial charge in [-0.05, 0) is 12.5 Å². The van der Waals surface area contributed by atoms with Gasteiger partial charge in [-0.3, -0.25) is 0 Å². The van der Waals surface area contributed by atoms with E-state index in [1.807, 2.05) is 19.1 Å². The number of hydrogen-bond acceptors (Lipinski definition) is 1. The maximum absolute atomic E-state index is 9.33. The second-order valence-corrected chi connectivity index (χ2v) is 2.60. The van der Waals surface area contributed by atoms with Gasteiger partial charge in [0.05, 0.1) is 0 Å². The number of rotatable bonds is 5. The van der Waals surface area contributed by atoms with Gasteiger partial charge in [0.25, 0.3) is 0 Å². The van der Waals surface area contributed by atoms with Gasteiger partial charge in [0.15, 0.2) is 0 Å². The average Bonchev–Trinajstić information content (AvgIpc) is 2.17. The van der Waals surface area contributed by atoms with Crippen molar-refractivity contribution in [2.75, 3.05) is 0 Å². The summed E-state index contributed by atoms with van der Waals surface area (Å²) in [5.74, 6) is 0.0340. The maximum atomic E-state index is 9.33. The Hall–Kier alpha value is -1.76. The molecule has 0 aliphatic carbocycles. The SMILES string of the molecule is C=C\C=C/C(=C\C)C(=C/C=C)/C(=C)O. The van der Waals surface area contributed by atoms with Crippen LogP contribution >= 0.6 is 0 Å². The van der Waals surface area contributed by atoms with Crippen LogP contribution < -0.4 is 0 Å². The van der Waals surface area contributed by atoms with Crippen molar-refractivity contribution in [1.82, 2.24) is 0 Å². The molecule has 0 heterocycles. The number of aliphatic hydroxyl groups excluding tert-OH is 1. The van der Waals surface area contributed by atoms with Crippen molar-refractivity contribution in [3.8, 4) is 0 Å². The molecule has 0 spiro atoms. The second-order valence-electron chi connectivity index (χ2n) is 2.60. The maximum Gasteiger partial charge on any atom is 0.116 e. The number of allylic oxidation sites excluding steroid dienone is 7. The first-order valence-electron chi connectivity index (χ1n) is 4.34. The number of hydrogen-bond donors (Lipinski definition) is 1. The van der Waals surface area contributed by atoms with Crippen molar-refractivity contribution < 1.29 is 5.11 Å². The van der Waals surface area contributed by atoms with Gasteiger partial charge in [-0.15, -0.1) is 0 Å². The molecular formula is C13H16O. The Labute approximate surface area is 85.8 Å². The first-order valence-corrected chi connectivity index (χ1v) is 4.34. The van der Waals surface area contributed by atoms with Gasteiger partial charge in [0.1, 0.15) is 5.76 Å². The molecule has 0 unspecified atom stereocenters. The van der Waals surface area contributed by atoms with Crippen LogP contribution in [0.2, 0.25) is 0 Å². The summed E-state index contributed by atoms with van der Waals surface area (Å²) in [6.45, 7) is 12.5. The Balaban J connectivity index is 5.07. The molecule has 0 aromatic heterocycles. The van der Waals surface area contributed by atoms with Gasteiger partial charge in [-0.2, -0.15) is 0 Å². The minimum atomic E-state index is 0.0340. The van der Waals surface area contributed by atoms with Crippen LogP contribution in [0, 0.1) is 0 Å². The molecule has 0 atom stereocenters. The molecule has 1 N–H and O–H groups in total. The van der Waals surface area contributed by atoms with E-state index in [-0.39, 0.29) is 5.76 Å². The zero-order valence-electron chi connectivity index (χ0n) is 8.53. The summed E-state index contributed by atoms with van der Waals surface area (Å²) < 4.78 is 0. The van der Waals surface area contributed by atoms with Crippen LogP contribution in [0.5, 0.6) is 0 Å². The Morgan fingerprint density at radius 3 is 2.21 bits per heavy atom. The smallest absolute Gasteiger partial charge is 0.116 e. The molecule has 74 valence electrons. The fourth-order valence-corrected chi connectivity index (χ4v) is 0.990. The van der Waals surface area contributed by atoms with Crippen molar-refractivity contribution in [2.45, 2.75) is 6.92 Å². The normalized spacial score (nSPS) is 12.9. The van der Waals surface area contributed by atoms with E-state index in [9.17, 15) is 5.11 Å². The largest absolute Gasteiger partial charge is 0.508 e. The Kier molecular flexibility index (Phi) is 5.88. The lowest BCUT2D eigenvalue weighted by atomic mass is 10.0. The fourth-order valence-electron chi connectivity index (χ4n) is 0.990. The summed E-state index contributed by atoms with van der Waals surface area (Å²) in [6.07, 6.45) is 10.5. The van der Waals surface area contributed by atoms with Crippen molar-refractivity contribution in [2.24, 2.45) is 0 Å². The molecule has 0 rings (SSSR count). The predicted molar refractivity (Wildman–Crippen MR) is 63.1 cm³/mol. The molecule has 1 nitrogen and oxygen atoms in total. The van der Waals surface area contributed by atoms with E-state index in [0.29, 0.717) is 5.57 Å². The van der Waals surface area contributed by atoms with E-state index >= 15 is 0 Å². The summed E-state index contributed by atoms with van der Waals surface area (Å²) in [5, 5.41) is 9.33. The highest BCUT2D eigenvalue weighted by Crippen LogP contribution is 2.17. The lowest BCUT2D eigenvalue weighted by Crippen LogP contribution is -1.89. The topological polar surface area (TPSA) is 20.2 Å². The average molecular weight is 188 g/mol. The molecule has 1 heteroatoms. The molecular weight excluding hydrogens is 172 g/mol. The van der Waals surface area contributed by atoms with Crippen LogP contribution in [0.1, 0.15) is 6.92 Å². The summed E-state index contributed by atoms with van der Waals surface area (Å²) in [4.78, 5) is 0. The molecule has 0 saturated heterocycles. The number of aliphatic hydroxyl groups is 1. The molecule has 0 saturated carbocycles. The predicted octanol–water partition coefficient (Wildman–Crippen LogP) is 3.86. The molecule has 0 aromatic rings. The minimum Gasteiger partial charge on any atom is -0.508 e. The first-order chi connectivity index (χ1) is 6.67. The van der Waals surface area contributed by atoms with E-state index in [1.165, 1.54) is 0 Å². The molecule has 0 aliphatic heterocycles. The van der Waals surface area contributed by atoms with Crippen LogP contribution in [0.4, 0.5) is 0 Å². The molecule has 0 aromatic carbocycles. The van der Waals surface area contributed by atoms with Gasteiger partial charge in [-0.1, -0.05) is 56.2 Å². The third kappa shape index (κ3) is 3.76. The third-order valence-corrected chi connectivity index (χ3v) is 1.63. The van der Waals surface area contributed by atoms with Crippen LogP contribution in [0.3, 0.4) is 0 Å². The summed E-state index contributed by atoms with van der Waals surface area (Å²) >= 11 is 0. The highest BCUT2D eigenvalue weighted by atomic mass is 16.3. The molecule has 0 bridgehead atoms. The van der Waals surface area contributed by atoms with Crippen molar-refractivity contribution in [3.63, 3.8) is 0 Å². The highest BCUT2D eigenvalue weighted by molar-refractivity contribution is 5.49. The van der Waals surface area contributed by atoms with Crippen molar-refractivity contribution in [1.29, 1.82) is 0 Å². The summed E-state index contributed by atoms with van der Waals surface area (Å²) in [5.41, 5.74) is 1.55. The van der Waals surface area contributed by atoms with Crippen LogP contribution in [0.15, 0.2) is 73.1 Å². The lowest BCUT2D eigenvalue weighted by molar-refractivity contribution is 0.428. The third-order valence-electron chi connectivity index (χ3n) is 1.63. The Bertz CT molecular complexity index is 314. The monoisotopic (exact) mass is 188 g/mol. The summed E-state index contributed by atoms with van der Waals surface area (Å²) in [7, 11) is 0. The van der Waals surface area contributed by atoms with E-state index < -0.39 is 0 Å². The first kappa shape index (κ1) is 12.2. The molecule has 0 radical (unpaired) electrons. The zero-order valence-corrected chi connectivity index (χ0v) is 8.53. The van der Waals surface area contributed by atoms with E-state index in [2.05, 4.69) is 19.7 Å². The lowest BCUT2D eigenvalue weighted by Gasteiger charge is -2.05. The Morgan fingerprint density at radius 2 is 1.86 bits per heavy atom. The van der Waals surface area contributed by atoms with Gasteiger partial charge in [-0.25, -0.2) is 0 Å². The molecule has 0 aliphatic rings. The van der Waals surface area contributed by atoms with Gasteiger partial charge >= 0.3 is 0 Å². The Morgan fingerprint density at radius 1 is 1.21 bits per heavy atom. The summed E-state index contributed by atoms with van der Waals surface area (Å²) in [6, 6.07) is 0. The van der Waals surface area contributed by atoms with Crippen molar-refractivity contribution in [3.05, 3.63) is 73.1 Å². The van der Waals surface area contributed by atoms with E-state index in [0.717, 1.165) is 5.57 Å². The van der Waals surface area contributed by atoms with E-state index in [1.54, 1.807) is 24.3 Å². The van der Waals surface area contributed by atoms with Gasteiger partial charge in [0.2, 0.25) is 0 Å². The van der Waals surface area contributed by atoms with Gasteiger partial charge < -0.3 is 5.11 Å². The quantitative estimate of drug-likeness (QED) is 0.513. The van der Waals surface area contributed by atoms with Gasteiger partial charge in [0, 0.05) is 5.57 Å². The second kappa shape index (κ2) is 6.72. The fraction of sp³-hybridized carbons (Fsp3) is 0.0769. The zero-order chi connectivity index (χ0) is 11.0. The molecule has 0 amide bonds. The van der Waals surface area contributed by atoms with Crippen LogP contribution in [0.25, 0.3) is 0 Å². The molecule has 0 fully saturated rings. The molecule has 14 heavy (non-hydrogen) atoms. The minimum absolute atomic E-state index is 0.0340. The van der Waals surface area contributed by atoms with Crippen molar-refractivity contribution >= 4 is 0 Å². The highest BCUT2D eigenvalue weighted by Gasteiger charge is 2.02. The van der Waals surface area contributed by atoms with Crippen LogP contribution in [-0.2, 0) is 0 Å².